The third-order valence-corrected chi connectivity index (χ3v) is 4.32. The zero-order valence-electron chi connectivity index (χ0n) is 12.2. The molecule has 0 saturated carbocycles. The fourth-order valence-electron chi connectivity index (χ4n) is 2.62. The number of rotatable bonds is 6. The zero-order chi connectivity index (χ0) is 13.1. The summed E-state index contributed by atoms with van der Waals surface area (Å²) >= 11 is 0. The van der Waals surface area contributed by atoms with Gasteiger partial charge in [0.05, 0.1) is 6.61 Å². The minimum atomic E-state index is 0.230. The summed E-state index contributed by atoms with van der Waals surface area (Å²) in [5.41, 5.74) is 0.313. The van der Waals surface area contributed by atoms with Crippen molar-refractivity contribution in [3.8, 4) is 0 Å². The number of nitrogens with one attached hydrogen (secondary N) is 1. The predicted molar refractivity (Wildman–Crippen MR) is 73.1 cm³/mol. The van der Waals surface area contributed by atoms with Crippen molar-refractivity contribution in [1.82, 2.24) is 10.2 Å². The van der Waals surface area contributed by atoms with Gasteiger partial charge >= 0.3 is 0 Å². The maximum Gasteiger partial charge on any atom is 0.0587 e. The highest BCUT2D eigenvalue weighted by Crippen LogP contribution is 2.33. The van der Waals surface area contributed by atoms with E-state index in [-0.39, 0.29) is 12.6 Å². The molecule has 17 heavy (non-hydrogen) atoms. The highest BCUT2D eigenvalue weighted by molar-refractivity contribution is 4.88. The second kappa shape index (κ2) is 6.17. The first-order valence-electron chi connectivity index (χ1n) is 6.89. The first-order valence-corrected chi connectivity index (χ1v) is 6.89. The summed E-state index contributed by atoms with van der Waals surface area (Å²) in [6.45, 7) is 12.7. The summed E-state index contributed by atoms with van der Waals surface area (Å²) in [5, 5.41) is 12.9. The predicted octanol–water partition coefficient (Wildman–Crippen LogP) is 1.57. The van der Waals surface area contributed by atoms with Gasteiger partial charge in [0.1, 0.15) is 0 Å². The van der Waals surface area contributed by atoms with Gasteiger partial charge in [-0.25, -0.2) is 0 Å². The third kappa shape index (κ3) is 4.23. The monoisotopic (exact) mass is 242 g/mol. The van der Waals surface area contributed by atoms with Gasteiger partial charge in [-0.05, 0) is 37.3 Å². The topological polar surface area (TPSA) is 35.5 Å². The number of aliphatic hydroxyl groups is 1. The van der Waals surface area contributed by atoms with Crippen LogP contribution in [0.1, 0.15) is 34.1 Å². The van der Waals surface area contributed by atoms with Gasteiger partial charge in [0.25, 0.3) is 0 Å². The van der Waals surface area contributed by atoms with Crippen LogP contribution in [0.3, 0.4) is 0 Å². The van der Waals surface area contributed by atoms with Gasteiger partial charge in [0, 0.05) is 19.1 Å². The summed E-state index contributed by atoms with van der Waals surface area (Å²) in [5.74, 6) is 1.26. The summed E-state index contributed by atoms with van der Waals surface area (Å²) in [6, 6.07) is 0.230. The van der Waals surface area contributed by atoms with E-state index in [1.807, 2.05) is 0 Å². The molecule has 2 N–H and O–H groups in total. The van der Waals surface area contributed by atoms with E-state index in [1.54, 1.807) is 0 Å². The Bertz CT molecular complexity index is 228. The van der Waals surface area contributed by atoms with E-state index >= 15 is 0 Å². The van der Waals surface area contributed by atoms with E-state index in [0.29, 0.717) is 11.3 Å². The molecule has 2 atom stereocenters. The molecule has 1 saturated heterocycles. The third-order valence-electron chi connectivity index (χ3n) is 4.32. The Morgan fingerprint density at radius 2 is 2.06 bits per heavy atom. The molecule has 0 radical (unpaired) electrons. The summed E-state index contributed by atoms with van der Waals surface area (Å²) in [4.78, 5) is 2.42. The molecule has 1 fully saturated rings. The highest BCUT2D eigenvalue weighted by Gasteiger charge is 2.34. The second-order valence-corrected chi connectivity index (χ2v) is 6.65. The van der Waals surface area contributed by atoms with Crippen molar-refractivity contribution in [2.45, 2.75) is 40.2 Å². The first kappa shape index (κ1) is 14.9. The van der Waals surface area contributed by atoms with Gasteiger partial charge in [-0.2, -0.15) is 0 Å². The lowest BCUT2D eigenvalue weighted by Crippen LogP contribution is -2.45. The lowest BCUT2D eigenvalue weighted by Gasteiger charge is -2.34. The van der Waals surface area contributed by atoms with Crippen LogP contribution in [-0.2, 0) is 0 Å². The quantitative estimate of drug-likeness (QED) is 0.742. The van der Waals surface area contributed by atoms with Gasteiger partial charge in [-0.15, -0.1) is 0 Å². The van der Waals surface area contributed by atoms with E-state index in [2.05, 4.69) is 45.0 Å². The van der Waals surface area contributed by atoms with Crippen LogP contribution in [0.4, 0.5) is 0 Å². The number of hydrogen-bond acceptors (Lipinski definition) is 3. The minimum absolute atomic E-state index is 0.230. The van der Waals surface area contributed by atoms with Crippen LogP contribution in [0.15, 0.2) is 0 Å². The molecule has 1 aliphatic rings. The summed E-state index contributed by atoms with van der Waals surface area (Å²) < 4.78 is 0. The smallest absolute Gasteiger partial charge is 0.0587 e. The molecule has 1 rings (SSSR count). The highest BCUT2D eigenvalue weighted by atomic mass is 16.3. The Morgan fingerprint density at radius 1 is 1.41 bits per heavy atom. The van der Waals surface area contributed by atoms with Crippen molar-refractivity contribution >= 4 is 0 Å². The van der Waals surface area contributed by atoms with Crippen molar-refractivity contribution in [1.29, 1.82) is 0 Å². The molecule has 0 spiro atoms. The largest absolute Gasteiger partial charge is 0.395 e. The molecular weight excluding hydrogens is 212 g/mol. The van der Waals surface area contributed by atoms with Crippen LogP contribution < -0.4 is 5.32 Å². The molecule has 1 aliphatic heterocycles. The van der Waals surface area contributed by atoms with Gasteiger partial charge in [0.2, 0.25) is 0 Å². The number of aliphatic hydroxyl groups excluding tert-OH is 1. The summed E-state index contributed by atoms with van der Waals surface area (Å²) in [6.07, 6.45) is 1.30. The van der Waals surface area contributed by atoms with E-state index < -0.39 is 0 Å². The van der Waals surface area contributed by atoms with Gasteiger partial charge in [-0.1, -0.05) is 27.7 Å². The van der Waals surface area contributed by atoms with Crippen molar-refractivity contribution in [3.63, 3.8) is 0 Å². The lowest BCUT2D eigenvalue weighted by atomic mass is 9.78. The van der Waals surface area contributed by atoms with Crippen LogP contribution in [0.5, 0.6) is 0 Å². The molecule has 3 heteroatoms. The van der Waals surface area contributed by atoms with Gasteiger partial charge < -0.3 is 15.3 Å². The molecule has 3 nitrogen and oxygen atoms in total. The standard InChI is InChI=1S/C14H30N2O/c1-11(2)13(9-17)15-10-14(3,4)12-6-7-16(5)8-12/h11-13,15,17H,6-10H2,1-5H3. The molecule has 0 aromatic heterocycles. The van der Waals surface area contributed by atoms with Crippen LogP contribution >= 0.6 is 0 Å². The van der Waals surface area contributed by atoms with Crippen LogP contribution in [0.2, 0.25) is 0 Å². The fraction of sp³-hybridized carbons (Fsp3) is 1.00. The lowest BCUT2D eigenvalue weighted by molar-refractivity contribution is 0.162. The Kier molecular flexibility index (Phi) is 5.42. The average molecular weight is 242 g/mol. The van der Waals surface area contributed by atoms with Crippen LogP contribution in [-0.4, -0.2) is 49.3 Å². The zero-order valence-corrected chi connectivity index (χ0v) is 12.2. The Hall–Kier alpha value is -0.120. The minimum Gasteiger partial charge on any atom is -0.395 e. The van der Waals surface area contributed by atoms with Crippen molar-refractivity contribution in [2.75, 3.05) is 33.3 Å². The first-order chi connectivity index (χ1) is 7.86. The Labute approximate surface area is 107 Å². The van der Waals surface area contributed by atoms with Crippen molar-refractivity contribution in [2.24, 2.45) is 17.3 Å². The molecule has 2 unspecified atom stereocenters. The fourth-order valence-corrected chi connectivity index (χ4v) is 2.62. The Balaban J connectivity index is 2.43. The number of nitrogens with zero attached hydrogens (tertiary/aromatic N) is 1. The summed E-state index contributed by atoms with van der Waals surface area (Å²) in [7, 11) is 2.20. The van der Waals surface area contributed by atoms with Gasteiger partial charge in [0.15, 0.2) is 0 Å². The number of hydrogen-bond donors (Lipinski definition) is 2. The molecule has 0 aromatic carbocycles. The molecular formula is C14H30N2O. The molecule has 0 aliphatic carbocycles. The number of likely N-dealkylation sites (tertiary alicyclic amines) is 1. The molecule has 1 heterocycles. The maximum atomic E-state index is 9.33. The second-order valence-electron chi connectivity index (χ2n) is 6.65. The van der Waals surface area contributed by atoms with Crippen molar-refractivity contribution in [3.05, 3.63) is 0 Å². The van der Waals surface area contributed by atoms with Crippen LogP contribution in [0, 0.1) is 17.3 Å². The van der Waals surface area contributed by atoms with Gasteiger partial charge in [-0.3, -0.25) is 0 Å². The molecule has 0 aromatic rings. The molecule has 0 bridgehead atoms. The normalized spacial score (nSPS) is 24.5. The molecule has 0 amide bonds. The maximum absolute atomic E-state index is 9.33. The van der Waals surface area contributed by atoms with E-state index in [0.717, 1.165) is 12.5 Å². The van der Waals surface area contributed by atoms with Crippen LogP contribution in [0.25, 0.3) is 0 Å². The van der Waals surface area contributed by atoms with E-state index in [9.17, 15) is 5.11 Å². The SMILES string of the molecule is CC(C)C(CO)NCC(C)(C)C1CCN(C)C1. The molecule has 102 valence electrons. The Morgan fingerprint density at radius 3 is 2.47 bits per heavy atom. The van der Waals surface area contributed by atoms with E-state index in [1.165, 1.54) is 19.5 Å². The average Bonchev–Trinajstić information content (AvgIpc) is 2.66. The van der Waals surface area contributed by atoms with E-state index in [4.69, 9.17) is 0 Å². The van der Waals surface area contributed by atoms with Crippen molar-refractivity contribution < 1.29 is 5.11 Å².